The smallest absolute Gasteiger partial charge is 0.305 e. The summed E-state index contributed by atoms with van der Waals surface area (Å²) in [6, 6.07) is 7.15. The van der Waals surface area contributed by atoms with Gasteiger partial charge in [0.05, 0.1) is 12.0 Å². The lowest BCUT2D eigenvalue weighted by Crippen LogP contribution is -2.26. The minimum absolute atomic E-state index is 0.0604. The Bertz CT molecular complexity index is 379. The van der Waals surface area contributed by atoms with E-state index in [4.69, 9.17) is 5.11 Å². The average Bonchev–Trinajstić information content (AvgIpc) is 2.17. The number of benzene rings is 1. The molecule has 0 aliphatic carbocycles. The Balaban J connectivity index is 2.54. The summed E-state index contributed by atoms with van der Waals surface area (Å²) in [7, 11) is 0. The number of carboxylic acid groups (broad SMARTS) is 1. The third-order valence-corrected chi connectivity index (χ3v) is 2.68. The van der Waals surface area contributed by atoms with Gasteiger partial charge in [-0.3, -0.25) is 9.59 Å². The first kappa shape index (κ1) is 12.0. The first-order valence-electron chi connectivity index (χ1n) is 4.36. The topological polar surface area (TPSA) is 66.4 Å². The van der Waals surface area contributed by atoms with Crippen LogP contribution in [0.4, 0.5) is 0 Å². The number of rotatable bonds is 4. The first-order chi connectivity index (χ1) is 7.11. The molecule has 0 radical (unpaired) electrons. The Morgan fingerprint density at radius 2 is 2.00 bits per heavy atom. The number of amides is 1. The standard InChI is InChI=1S/C10H10INO3/c11-8-4-2-1-3-7(8)10(15)12-6-5-9(13)14/h1-4H,5-6H2,(H,12,15)(H,13,14). The van der Waals surface area contributed by atoms with Crippen molar-refractivity contribution in [1.82, 2.24) is 5.32 Å². The van der Waals surface area contributed by atoms with Crippen molar-refractivity contribution in [3.05, 3.63) is 33.4 Å². The zero-order chi connectivity index (χ0) is 11.3. The predicted octanol–water partition coefficient (Wildman–Crippen LogP) is 1.50. The summed E-state index contributed by atoms with van der Waals surface area (Å²) in [5.41, 5.74) is 0.573. The molecule has 1 aromatic rings. The van der Waals surface area contributed by atoms with Gasteiger partial charge in [-0.1, -0.05) is 12.1 Å². The highest BCUT2D eigenvalue weighted by atomic mass is 127. The third-order valence-electron chi connectivity index (χ3n) is 1.74. The van der Waals surface area contributed by atoms with Gasteiger partial charge in [-0.2, -0.15) is 0 Å². The van der Waals surface area contributed by atoms with Crippen LogP contribution in [-0.2, 0) is 4.79 Å². The van der Waals surface area contributed by atoms with E-state index in [1.54, 1.807) is 12.1 Å². The van der Waals surface area contributed by atoms with Gasteiger partial charge in [0.15, 0.2) is 0 Å². The van der Waals surface area contributed by atoms with E-state index in [0.29, 0.717) is 5.56 Å². The number of nitrogens with one attached hydrogen (secondary N) is 1. The Hall–Kier alpha value is -1.11. The summed E-state index contributed by atoms with van der Waals surface area (Å²) in [5.74, 6) is -1.15. The first-order valence-corrected chi connectivity index (χ1v) is 5.43. The molecule has 0 heterocycles. The van der Waals surface area contributed by atoms with E-state index in [1.807, 2.05) is 12.1 Å². The quantitative estimate of drug-likeness (QED) is 0.827. The van der Waals surface area contributed by atoms with Crippen molar-refractivity contribution in [2.45, 2.75) is 6.42 Å². The molecule has 0 saturated carbocycles. The van der Waals surface area contributed by atoms with E-state index in [9.17, 15) is 9.59 Å². The van der Waals surface area contributed by atoms with Gasteiger partial charge in [-0.25, -0.2) is 0 Å². The monoisotopic (exact) mass is 319 g/mol. The van der Waals surface area contributed by atoms with Crippen molar-refractivity contribution in [3.63, 3.8) is 0 Å². The van der Waals surface area contributed by atoms with Gasteiger partial charge in [-0.15, -0.1) is 0 Å². The molecular formula is C10H10INO3. The second kappa shape index (κ2) is 5.69. The fraction of sp³-hybridized carbons (Fsp3) is 0.200. The largest absolute Gasteiger partial charge is 0.481 e. The molecule has 0 aliphatic heterocycles. The highest BCUT2D eigenvalue weighted by Crippen LogP contribution is 2.10. The van der Waals surface area contributed by atoms with E-state index in [2.05, 4.69) is 27.9 Å². The molecule has 4 nitrogen and oxygen atoms in total. The number of hydrogen-bond acceptors (Lipinski definition) is 2. The number of carboxylic acids is 1. The predicted molar refractivity (Wildman–Crippen MR) is 63.7 cm³/mol. The molecule has 80 valence electrons. The summed E-state index contributed by atoms with van der Waals surface area (Å²) < 4.78 is 0.850. The molecule has 0 bridgehead atoms. The Morgan fingerprint density at radius 1 is 1.33 bits per heavy atom. The van der Waals surface area contributed by atoms with Crippen molar-refractivity contribution < 1.29 is 14.7 Å². The van der Waals surface area contributed by atoms with E-state index in [-0.39, 0.29) is 18.9 Å². The molecule has 0 atom stereocenters. The molecule has 15 heavy (non-hydrogen) atoms. The molecular weight excluding hydrogens is 309 g/mol. The molecule has 0 aliphatic rings. The summed E-state index contributed by atoms with van der Waals surface area (Å²) in [4.78, 5) is 21.8. The summed E-state index contributed by atoms with van der Waals surface area (Å²) in [5, 5.41) is 10.9. The molecule has 0 aromatic heterocycles. The van der Waals surface area contributed by atoms with Gasteiger partial charge < -0.3 is 10.4 Å². The second-order valence-corrected chi connectivity index (χ2v) is 4.04. The van der Waals surface area contributed by atoms with Crippen LogP contribution in [0.5, 0.6) is 0 Å². The second-order valence-electron chi connectivity index (χ2n) is 2.88. The number of halogens is 1. The van der Waals surface area contributed by atoms with Gasteiger partial charge in [0.2, 0.25) is 0 Å². The molecule has 0 saturated heterocycles. The lowest BCUT2D eigenvalue weighted by molar-refractivity contribution is -0.136. The number of aliphatic carboxylic acids is 1. The summed E-state index contributed by atoms with van der Waals surface area (Å²) >= 11 is 2.06. The highest BCUT2D eigenvalue weighted by Gasteiger charge is 2.08. The highest BCUT2D eigenvalue weighted by molar-refractivity contribution is 14.1. The maximum Gasteiger partial charge on any atom is 0.305 e. The zero-order valence-electron chi connectivity index (χ0n) is 7.87. The molecule has 1 rings (SSSR count). The number of carbonyl (C=O) groups excluding carboxylic acids is 1. The van der Waals surface area contributed by atoms with Crippen molar-refractivity contribution in [3.8, 4) is 0 Å². The molecule has 0 unspecified atom stereocenters. The van der Waals surface area contributed by atoms with E-state index in [1.165, 1.54) is 0 Å². The lowest BCUT2D eigenvalue weighted by atomic mass is 10.2. The number of carbonyl (C=O) groups is 2. The molecule has 2 N–H and O–H groups in total. The average molecular weight is 319 g/mol. The van der Waals surface area contributed by atoms with E-state index >= 15 is 0 Å². The molecule has 0 fully saturated rings. The van der Waals surface area contributed by atoms with Gasteiger partial charge in [0.25, 0.3) is 5.91 Å². The maximum absolute atomic E-state index is 11.5. The van der Waals surface area contributed by atoms with Crippen LogP contribution >= 0.6 is 22.6 Å². The van der Waals surface area contributed by atoms with Crippen LogP contribution in [0.15, 0.2) is 24.3 Å². The van der Waals surface area contributed by atoms with Gasteiger partial charge in [-0.05, 0) is 34.7 Å². The van der Waals surface area contributed by atoms with Crippen LogP contribution in [0.2, 0.25) is 0 Å². The molecule has 1 amide bonds. The van der Waals surface area contributed by atoms with Gasteiger partial charge in [0.1, 0.15) is 0 Å². The van der Waals surface area contributed by atoms with Crippen LogP contribution in [0, 0.1) is 3.57 Å². The minimum Gasteiger partial charge on any atom is -0.481 e. The third kappa shape index (κ3) is 3.86. The number of hydrogen-bond donors (Lipinski definition) is 2. The van der Waals surface area contributed by atoms with Crippen LogP contribution in [0.25, 0.3) is 0 Å². The van der Waals surface area contributed by atoms with Crippen molar-refractivity contribution in [2.75, 3.05) is 6.54 Å². The van der Waals surface area contributed by atoms with Crippen molar-refractivity contribution in [1.29, 1.82) is 0 Å². The zero-order valence-corrected chi connectivity index (χ0v) is 10.0. The molecule has 0 spiro atoms. The SMILES string of the molecule is O=C(O)CCNC(=O)c1ccccc1I. The fourth-order valence-electron chi connectivity index (χ4n) is 1.02. The van der Waals surface area contributed by atoms with E-state index in [0.717, 1.165) is 3.57 Å². The maximum atomic E-state index is 11.5. The minimum atomic E-state index is -0.918. The Kier molecular flexibility index (Phi) is 4.54. The molecule has 1 aromatic carbocycles. The van der Waals surface area contributed by atoms with Gasteiger partial charge >= 0.3 is 5.97 Å². The molecule has 5 heteroatoms. The van der Waals surface area contributed by atoms with Crippen LogP contribution in [0.1, 0.15) is 16.8 Å². The van der Waals surface area contributed by atoms with Crippen LogP contribution in [-0.4, -0.2) is 23.5 Å². The Labute approximate surface area is 101 Å². The lowest BCUT2D eigenvalue weighted by Gasteiger charge is -2.04. The van der Waals surface area contributed by atoms with Crippen LogP contribution in [0.3, 0.4) is 0 Å². The van der Waals surface area contributed by atoms with Crippen molar-refractivity contribution in [2.24, 2.45) is 0 Å². The van der Waals surface area contributed by atoms with Crippen LogP contribution < -0.4 is 5.32 Å². The summed E-state index contributed by atoms with van der Waals surface area (Å²) in [6.45, 7) is 0.152. The van der Waals surface area contributed by atoms with E-state index < -0.39 is 5.97 Å². The van der Waals surface area contributed by atoms with Gasteiger partial charge in [0, 0.05) is 10.1 Å². The summed E-state index contributed by atoms with van der Waals surface area (Å²) in [6.07, 6.45) is -0.0604. The fourth-order valence-corrected chi connectivity index (χ4v) is 1.66. The van der Waals surface area contributed by atoms with Crippen molar-refractivity contribution >= 4 is 34.5 Å². The Morgan fingerprint density at radius 3 is 2.60 bits per heavy atom. The normalized spacial score (nSPS) is 9.67.